The van der Waals surface area contributed by atoms with Gasteiger partial charge < -0.3 is 14.2 Å². The second-order valence-electron chi connectivity index (χ2n) is 8.06. The summed E-state index contributed by atoms with van der Waals surface area (Å²) in [6.45, 7) is 3.58. The van der Waals surface area contributed by atoms with Gasteiger partial charge in [0.05, 0.1) is 4.90 Å². The lowest BCUT2D eigenvalue weighted by Crippen LogP contribution is -2.33. The van der Waals surface area contributed by atoms with Crippen LogP contribution in [0.25, 0.3) is 0 Å². The van der Waals surface area contributed by atoms with Gasteiger partial charge in [-0.05, 0) is 61.6 Å². The number of nitrogens with one attached hydrogen (secondary N) is 1. The van der Waals surface area contributed by atoms with Gasteiger partial charge in [0.1, 0.15) is 6.10 Å². The number of hydrogen-bond donors (Lipinski definition) is 1. The first-order chi connectivity index (χ1) is 15.3. The average molecular weight is 458 g/mol. The second-order valence-corrected chi connectivity index (χ2v) is 9.83. The molecule has 2 aliphatic rings. The van der Waals surface area contributed by atoms with Gasteiger partial charge in [0.2, 0.25) is 16.8 Å². The lowest BCUT2D eigenvalue weighted by atomic mass is 9.82. The van der Waals surface area contributed by atoms with Crippen LogP contribution in [-0.4, -0.2) is 33.8 Å². The van der Waals surface area contributed by atoms with Gasteiger partial charge in [0.15, 0.2) is 11.5 Å². The van der Waals surface area contributed by atoms with E-state index in [1.807, 2.05) is 25.1 Å². The molecule has 2 aromatic carbocycles. The maximum atomic E-state index is 12.9. The molecule has 170 valence electrons. The fourth-order valence-electron chi connectivity index (χ4n) is 4.12. The van der Waals surface area contributed by atoms with Crippen LogP contribution in [0, 0.1) is 6.92 Å². The molecule has 0 spiro atoms. The SMILES string of the molecule is CC(=O)O[C@@H]1CCCC=C1[C@@H](CNS(=O)(=O)c1ccc(C)cc1)c1ccc2c(c1)OCO2. The van der Waals surface area contributed by atoms with E-state index in [0.717, 1.165) is 29.5 Å². The van der Waals surface area contributed by atoms with Crippen molar-refractivity contribution in [2.24, 2.45) is 0 Å². The van der Waals surface area contributed by atoms with Gasteiger partial charge in [-0.25, -0.2) is 13.1 Å². The third-order valence-corrected chi connectivity index (χ3v) is 7.18. The standard InChI is InChI=1S/C24H27NO6S/c1-16-7-10-19(11-8-16)32(27,28)25-14-21(18-9-12-23-24(13-18)30-15-29-23)20-5-3-4-6-22(20)31-17(2)26/h5,7-13,21-22,25H,3-4,6,14-15H2,1-2H3/t21-,22+/m0/s1. The van der Waals surface area contributed by atoms with Crippen molar-refractivity contribution in [1.82, 2.24) is 4.72 Å². The van der Waals surface area contributed by atoms with Crippen molar-refractivity contribution in [3.63, 3.8) is 0 Å². The van der Waals surface area contributed by atoms with E-state index in [9.17, 15) is 13.2 Å². The summed E-state index contributed by atoms with van der Waals surface area (Å²) in [4.78, 5) is 11.9. The first kappa shape index (κ1) is 22.4. The van der Waals surface area contributed by atoms with E-state index in [4.69, 9.17) is 14.2 Å². The minimum absolute atomic E-state index is 0.124. The molecule has 4 rings (SSSR count). The van der Waals surface area contributed by atoms with Gasteiger partial charge in [-0.2, -0.15) is 0 Å². The highest BCUT2D eigenvalue weighted by molar-refractivity contribution is 7.89. The lowest BCUT2D eigenvalue weighted by molar-refractivity contribution is -0.145. The Kier molecular flexibility index (Phi) is 6.53. The number of esters is 1. The second kappa shape index (κ2) is 9.34. The fourth-order valence-corrected chi connectivity index (χ4v) is 5.16. The number of benzene rings is 2. The molecule has 1 heterocycles. The number of fused-ring (bicyclic) bond motifs is 1. The van der Waals surface area contributed by atoms with Crippen LogP contribution in [0.2, 0.25) is 0 Å². The van der Waals surface area contributed by atoms with E-state index in [1.54, 1.807) is 24.3 Å². The summed E-state index contributed by atoms with van der Waals surface area (Å²) in [7, 11) is -3.71. The molecule has 32 heavy (non-hydrogen) atoms. The third kappa shape index (κ3) is 4.97. The van der Waals surface area contributed by atoms with Gasteiger partial charge in [-0.1, -0.05) is 29.8 Å². The highest BCUT2D eigenvalue weighted by Crippen LogP contribution is 2.39. The maximum absolute atomic E-state index is 12.9. The number of ether oxygens (including phenoxy) is 3. The van der Waals surface area contributed by atoms with Crippen LogP contribution < -0.4 is 14.2 Å². The van der Waals surface area contributed by atoms with Crippen LogP contribution in [0.3, 0.4) is 0 Å². The quantitative estimate of drug-likeness (QED) is 0.502. The van der Waals surface area contributed by atoms with E-state index in [-0.39, 0.29) is 36.2 Å². The van der Waals surface area contributed by atoms with E-state index in [1.165, 1.54) is 6.92 Å². The summed E-state index contributed by atoms with van der Waals surface area (Å²) in [5.41, 5.74) is 2.75. The molecule has 1 N–H and O–H groups in total. The normalized spacial score (nSPS) is 18.7. The summed E-state index contributed by atoms with van der Waals surface area (Å²) < 4.78 is 45.2. The summed E-state index contributed by atoms with van der Waals surface area (Å²) in [6.07, 6.45) is 4.13. The van der Waals surface area contributed by atoms with Crippen molar-refractivity contribution in [3.05, 3.63) is 65.2 Å². The Bertz CT molecular complexity index is 1120. The Morgan fingerprint density at radius 1 is 1.16 bits per heavy atom. The van der Waals surface area contributed by atoms with E-state index in [0.29, 0.717) is 17.9 Å². The number of rotatable bonds is 7. The minimum atomic E-state index is -3.71. The van der Waals surface area contributed by atoms with Crippen molar-refractivity contribution < 1.29 is 27.4 Å². The van der Waals surface area contributed by atoms with Crippen LogP contribution in [0.5, 0.6) is 11.5 Å². The first-order valence-corrected chi connectivity index (χ1v) is 12.1. The predicted octanol–water partition coefficient (Wildman–Crippen LogP) is 3.83. The minimum Gasteiger partial charge on any atom is -0.458 e. The van der Waals surface area contributed by atoms with Crippen molar-refractivity contribution in [1.29, 1.82) is 0 Å². The van der Waals surface area contributed by atoms with Crippen molar-refractivity contribution >= 4 is 16.0 Å². The predicted molar refractivity (Wildman–Crippen MR) is 119 cm³/mol. The first-order valence-electron chi connectivity index (χ1n) is 10.7. The number of hydrogen-bond acceptors (Lipinski definition) is 6. The molecule has 8 heteroatoms. The average Bonchev–Trinajstić information content (AvgIpc) is 3.23. The van der Waals surface area contributed by atoms with Gasteiger partial charge in [-0.15, -0.1) is 0 Å². The van der Waals surface area contributed by atoms with Crippen LogP contribution >= 0.6 is 0 Å². The molecule has 2 aromatic rings. The van der Waals surface area contributed by atoms with Gasteiger partial charge >= 0.3 is 5.97 Å². The topological polar surface area (TPSA) is 90.9 Å². The maximum Gasteiger partial charge on any atom is 0.303 e. The number of carbonyl (C=O) groups excluding carboxylic acids is 1. The number of allylic oxidation sites excluding steroid dienone is 1. The van der Waals surface area contributed by atoms with Gasteiger partial charge in [0.25, 0.3) is 0 Å². The summed E-state index contributed by atoms with van der Waals surface area (Å²) in [6, 6.07) is 12.3. The molecule has 0 amide bonds. The molecule has 0 fully saturated rings. The highest BCUT2D eigenvalue weighted by Gasteiger charge is 2.30. The molecule has 0 radical (unpaired) electrons. The van der Waals surface area contributed by atoms with Gasteiger partial charge in [-0.3, -0.25) is 4.79 Å². The number of aryl methyl sites for hydroxylation is 1. The molecule has 7 nitrogen and oxygen atoms in total. The van der Waals surface area contributed by atoms with Gasteiger partial charge in [0, 0.05) is 19.4 Å². The summed E-state index contributed by atoms with van der Waals surface area (Å²) in [5, 5.41) is 0. The Morgan fingerprint density at radius 3 is 2.66 bits per heavy atom. The third-order valence-electron chi connectivity index (χ3n) is 5.74. The van der Waals surface area contributed by atoms with E-state index < -0.39 is 10.0 Å². The van der Waals surface area contributed by atoms with Crippen molar-refractivity contribution in [3.8, 4) is 11.5 Å². The zero-order chi connectivity index (χ0) is 22.7. The Hall–Kier alpha value is -2.84. The molecule has 0 saturated carbocycles. The van der Waals surface area contributed by atoms with E-state index >= 15 is 0 Å². The lowest BCUT2D eigenvalue weighted by Gasteiger charge is -2.30. The number of carbonyl (C=O) groups is 1. The van der Waals surface area contributed by atoms with E-state index in [2.05, 4.69) is 10.8 Å². The largest absolute Gasteiger partial charge is 0.458 e. The Morgan fingerprint density at radius 2 is 1.91 bits per heavy atom. The summed E-state index contributed by atoms with van der Waals surface area (Å²) >= 11 is 0. The van der Waals surface area contributed by atoms with Crippen LogP contribution in [-0.2, 0) is 19.6 Å². The zero-order valence-electron chi connectivity index (χ0n) is 18.2. The Balaban J connectivity index is 1.65. The summed E-state index contributed by atoms with van der Waals surface area (Å²) in [5.74, 6) is 0.595. The van der Waals surface area contributed by atoms with Crippen LogP contribution in [0.1, 0.15) is 43.2 Å². The molecule has 1 aliphatic heterocycles. The Labute approximate surface area is 188 Å². The molecule has 0 unspecified atom stereocenters. The molecular formula is C24H27NO6S. The van der Waals surface area contributed by atoms with Crippen molar-refractivity contribution in [2.75, 3.05) is 13.3 Å². The molecule has 0 aromatic heterocycles. The number of sulfonamides is 1. The van der Waals surface area contributed by atoms with Crippen molar-refractivity contribution in [2.45, 2.75) is 50.0 Å². The van der Waals surface area contributed by atoms with Crippen LogP contribution in [0.15, 0.2) is 59.0 Å². The highest BCUT2D eigenvalue weighted by atomic mass is 32.2. The molecule has 2 atom stereocenters. The molecule has 0 saturated heterocycles. The molecular weight excluding hydrogens is 430 g/mol. The molecule has 1 aliphatic carbocycles. The smallest absolute Gasteiger partial charge is 0.303 e. The fraction of sp³-hybridized carbons (Fsp3) is 0.375. The monoisotopic (exact) mass is 457 g/mol. The zero-order valence-corrected chi connectivity index (χ0v) is 19.0. The van der Waals surface area contributed by atoms with Crippen LogP contribution in [0.4, 0.5) is 0 Å². The molecule has 0 bridgehead atoms.